The zero-order valence-corrected chi connectivity index (χ0v) is 15.3. The second-order valence-corrected chi connectivity index (χ2v) is 7.30. The molecule has 10 heteroatoms. The average molecular weight is 405 g/mol. The summed E-state index contributed by atoms with van der Waals surface area (Å²) in [6, 6.07) is 10.2. The highest BCUT2D eigenvalue weighted by Gasteiger charge is 2.34. The van der Waals surface area contributed by atoms with Crippen molar-refractivity contribution in [3.63, 3.8) is 0 Å². The highest BCUT2D eigenvalue weighted by molar-refractivity contribution is 7.21. The van der Waals surface area contributed by atoms with E-state index in [-0.39, 0.29) is 5.36 Å². The van der Waals surface area contributed by atoms with Crippen LogP contribution in [-0.4, -0.2) is 67.4 Å². The first-order valence-corrected chi connectivity index (χ1v) is 9.13. The number of amides is 1. The van der Waals surface area contributed by atoms with E-state index in [1.165, 1.54) is 17.4 Å². The Bertz CT molecular complexity index is 1040. The van der Waals surface area contributed by atoms with Gasteiger partial charge in [-0.15, -0.1) is 11.3 Å². The molecule has 0 saturated carbocycles. The topological polar surface area (TPSA) is 169 Å². The predicted molar refractivity (Wildman–Crippen MR) is 102 cm³/mol. The molecule has 3 rings (SSSR count). The maximum Gasteiger partial charge on any atom is 0.277 e. The molecule has 1 aliphatic carbocycles. The van der Waals surface area contributed by atoms with Crippen molar-refractivity contribution in [2.24, 2.45) is 4.99 Å². The van der Waals surface area contributed by atoms with Crippen molar-refractivity contribution in [3.05, 3.63) is 41.8 Å². The van der Waals surface area contributed by atoms with Gasteiger partial charge in [0.1, 0.15) is 18.3 Å². The number of aliphatic hydroxyl groups excluding tert-OH is 5. The molecule has 4 atom stereocenters. The second-order valence-electron chi connectivity index (χ2n) is 6.22. The number of hydrogen-bond acceptors (Lipinski definition) is 9. The number of nitrogens with two attached hydrogens (primary N) is 1. The number of benzene rings is 2. The number of rotatable bonds is 5. The highest BCUT2D eigenvalue weighted by atomic mass is 32.1. The van der Waals surface area contributed by atoms with Gasteiger partial charge in [0, 0.05) is 5.69 Å². The van der Waals surface area contributed by atoms with Gasteiger partial charge >= 0.3 is 0 Å². The summed E-state index contributed by atoms with van der Waals surface area (Å²) in [6.07, 6.45) is -7.67. The summed E-state index contributed by atoms with van der Waals surface area (Å²) in [5, 5.41) is 47.6. The van der Waals surface area contributed by atoms with E-state index < -0.39 is 36.9 Å². The summed E-state index contributed by atoms with van der Waals surface area (Å²) in [6.45, 7) is -0.839. The minimum Gasteiger partial charge on any atom is -0.399 e. The molecule has 0 saturated heterocycles. The highest BCUT2D eigenvalue weighted by Crippen LogP contribution is 2.30. The molecule has 0 aromatic heterocycles. The van der Waals surface area contributed by atoms with E-state index in [9.17, 15) is 25.2 Å². The monoisotopic (exact) mass is 405 g/mol. The Morgan fingerprint density at radius 3 is 2.57 bits per heavy atom. The van der Waals surface area contributed by atoms with Gasteiger partial charge in [-0.2, -0.15) is 0 Å². The van der Waals surface area contributed by atoms with Gasteiger partial charge in [-0.05, 0) is 36.4 Å². The van der Waals surface area contributed by atoms with Gasteiger partial charge < -0.3 is 31.3 Å². The van der Waals surface area contributed by atoms with Crippen LogP contribution in [0.15, 0.2) is 41.4 Å². The largest absolute Gasteiger partial charge is 0.399 e. The third kappa shape index (κ3) is 4.17. The summed E-state index contributed by atoms with van der Waals surface area (Å²) >= 11 is 1.41. The van der Waals surface area contributed by atoms with Crippen LogP contribution in [0.3, 0.4) is 0 Å². The van der Waals surface area contributed by atoms with Crippen LogP contribution in [-0.2, 0) is 4.79 Å². The van der Waals surface area contributed by atoms with Crippen molar-refractivity contribution in [1.29, 1.82) is 0 Å². The number of anilines is 1. The summed E-state index contributed by atoms with van der Waals surface area (Å²) < 4.78 is 0.854. The molecule has 1 aromatic rings. The quantitative estimate of drug-likeness (QED) is 0.228. The van der Waals surface area contributed by atoms with E-state index >= 15 is 0 Å². The van der Waals surface area contributed by atoms with Crippen molar-refractivity contribution in [2.75, 3.05) is 12.3 Å². The van der Waals surface area contributed by atoms with Gasteiger partial charge in [0.05, 0.1) is 32.8 Å². The van der Waals surface area contributed by atoms with E-state index in [0.717, 1.165) is 15.1 Å². The fraction of sp³-hybridized carbons (Fsp3) is 0.278. The molecule has 0 bridgehead atoms. The summed E-state index contributed by atoms with van der Waals surface area (Å²) in [5.74, 6) is -1.10. The van der Waals surface area contributed by atoms with Crippen LogP contribution in [0.2, 0.25) is 0 Å². The number of fused-ring (bicyclic) bond motifs is 2. The number of hydrogen-bond donors (Lipinski definition) is 6. The van der Waals surface area contributed by atoms with E-state index in [1.54, 1.807) is 24.3 Å². The Morgan fingerprint density at radius 1 is 1.11 bits per heavy atom. The lowest BCUT2D eigenvalue weighted by atomic mass is 10.0. The predicted octanol–water partition coefficient (Wildman–Crippen LogP) is -1.15. The van der Waals surface area contributed by atoms with E-state index in [2.05, 4.69) is 9.98 Å². The molecular weight excluding hydrogens is 386 g/mol. The molecule has 28 heavy (non-hydrogen) atoms. The first kappa shape index (κ1) is 20.3. The minimum absolute atomic E-state index is 0.224. The Morgan fingerprint density at radius 2 is 1.86 bits per heavy atom. The van der Waals surface area contributed by atoms with Crippen LogP contribution in [0.5, 0.6) is 0 Å². The Labute approximate surface area is 163 Å². The molecule has 1 aliphatic heterocycles. The Balaban J connectivity index is 1.92. The Hall–Kier alpha value is -2.47. The van der Waals surface area contributed by atoms with Gasteiger partial charge in [-0.25, -0.2) is 9.98 Å². The number of carbonyl (C=O) groups is 1. The lowest BCUT2D eigenvalue weighted by molar-refractivity contribution is -0.146. The molecule has 0 radical (unpaired) electrons. The van der Waals surface area contributed by atoms with Crippen LogP contribution in [0.25, 0.3) is 20.8 Å². The van der Waals surface area contributed by atoms with Crippen molar-refractivity contribution in [3.8, 4) is 10.6 Å². The van der Waals surface area contributed by atoms with Gasteiger partial charge in [0.25, 0.3) is 5.91 Å². The molecule has 148 valence electrons. The summed E-state index contributed by atoms with van der Waals surface area (Å²) in [4.78, 5) is 21.1. The van der Waals surface area contributed by atoms with E-state index in [1.807, 2.05) is 6.07 Å². The SMILES string of the molecule is Nc1ccc2nc3ccc(=NC(=O)C(O)C(O)C(O)C(O)CO)cc-3sc2c1. The van der Waals surface area contributed by atoms with Crippen LogP contribution in [0, 0.1) is 0 Å². The van der Waals surface area contributed by atoms with Crippen LogP contribution < -0.4 is 11.1 Å². The molecule has 1 amide bonds. The van der Waals surface area contributed by atoms with Crippen LogP contribution in [0.4, 0.5) is 5.69 Å². The van der Waals surface area contributed by atoms with Crippen molar-refractivity contribution in [1.82, 2.24) is 4.98 Å². The molecule has 2 aliphatic rings. The minimum atomic E-state index is -2.06. The average Bonchev–Trinajstić information content (AvgIpc) is 2.69. The molecule has 9 nitrogen and oxygen atoms in total. The van der Waals surface area contributed by atoms with Gasteiger partial charge in [-0.1, -0.05) is 0 Å². The van der Waals surface area contributed by atoms with E-state index in [0.29, 0.717) is 11.4 Å². The first-order chi connectivity index (χ1) is 13.3. The third-order valence-electron chi connectivity index (χ3n) is 4.14. The maximum atomic E-state index is 12.1. The zero-order chi connectivity index (χ0) is 20.4. The lowest BCUT2D eigenvalue weighted by Crippen LogP contribution is -2.48. The van der Waals surface area contributed by atoms with Crippen molar-refractivity contribution < 1.29 is 30.3 Å². The van der Waals surface area contributed by atoms with Gasteiger partial charge in [-0.3, -0.25) is 4.79 Å². The molecule has 4 unspecified atom stereocenters. The number of nitrogen functional groups attached to an aromatic ring is 1. The van der Waals surface area contributed by atoms with Crippen LogP contribution in [0.1, 0.15) is 0 Å². The van der Waals surface area contributed by atoms with Gasteiger partial charge in [0.15, 0.2) is 6.10 Å². The first-order valence-electron chi connectivity index (χ1n) is 8.32. The number of nitrogens with zero attached hydrogens (tertiary/aromatic N) is 2. The number of aliphatic hydroxyl groups is 5. The maximum absolute atomic E-state index is 12.1. The van der Waals surface area contributed by atoms with Crippen LogP contribution >= 0.6 is 11.3 Å². The standard InChI is InChI=1S/C18H19N3O6S/c19-8-1-3-10-13(5-8)28-14-6-9(2-4-11(14)21-10)20-18(27)17(26)16(25)15(24)12(23)7-22/h1-6,12,15-17,22-26H,7,19H2. The summed E-state index contributed by atoms with van der Waals surface area (Å²) in [5.41, 5.74) is 7.86. The number of carbonyl (C=O) groups excluding carboxylic acids is 1. The van der Waals surface area contributed by atoms with Gasteiger partial charge in [0.2, 0.25) is 0 Å². The molecule has 1 aromatic carbocycles. The fourth-order valence-electron chi connectivity index (χ4n) is 2.56. The lowest BCUT2D eigenvalue weighted by Gasteiger charge is -2.23. The van der Waals surface area contributed by atoms with Crippen molar-refractivity contribution in [2.45, 2.75) is 24.4 Å². The smallest absolute Gasteiger partial charge is 0.277 e. The third-order valence-corrected chi connectivity index (χ3v) is 5.23. The second kappa shape index (κ2) is 8.27. The Kier molecular flexibility index (Phi) is 5.98. The summed E-state index contributed by atoms with van der Waals surface area (Å²) in [7, 11) is 0. The fourth-order valence-corrected chi connectivity index (χ4v) is 3.61. The van der Waals surface area contributed by atoms with E-state index in [4.69, 9.17) is 10.8 Å². The molecule has 0 spiro atoms. The normalized spacial score (nSPS) is 16.8. The number of aromatic nitrogens is 1. The molecule has 1 heterocycles. The molecule has 7 N–H and O–H groups in total. The zero-order valence-electron chi connectivity index (χ0n) is 14.5. The molecular formula is C18H19N3O6S. The van der Waals surface area contributed by atoms with Crippen molar-refractivity contribution >= 4 is 33.1 Å². The molecule has 0 fully saturated rings.